The van der Waals surface area contributed by atoms with Crippen LogP contribution in [0.2, 0.25) is 0 Å². The molecule has 0 atom stereocenters. The van der Waals surface area contributed by atoms with Gasteiger partial charge in [0.05, 0.1) is 26.5 Å². The number of benzene rings is 2. The van der Waals surface area contributed by atoms with Crippen molar-refractivity contribution in [2.75, 3.05) is 53.7 Å². The zero-order valence-corrected chi connectivity index (χ0v) is 21.1. The van der Waals surface area contributed by atoms with E-state index in [1.165, 1.54) is 0 Å². The van der Waals surface area contributed by atoms with E-state index in [-0.39, 0.29) is 0 Å². The molecular weight excluding hydrogens is 456 g/mol. The predicted molar refractivity (Wildman–Crippen MR) is 137 cm³/mol. The van der Waals surface area contributed by atoms with Crippen LogP contribution < -0.4 is 18.9 Å². The second-order valence-corrected chi connectivity index (χ2v) is 10.0. The molecule has 2 aromatic carbocycles. The van der Waals surface area contributed by atoms with Crippen molar-refractivity contribution in [3.63, 3.8) is 0 Å². The van der Waals surface area contributed by atoms with Gasteiger partial charge in [-0.2, -0.15) is 0 Å². The minimum Gasteiger partial charge on any atom is -0.495 e. The summed E-state index contributed by atoms with van der Waals surface area (Å²) in [6.07, 6.45) is 1.16. The van der Waals surface area contributed by atoms with Crippen molar-refractivity contribution in [1.29, 1.82) is 0 Å². The fourth-order valence-electron chi connectivity index (χ4n) is 5.70. The topological polar surface area (TPSA) is 62.3 Å². The summed E-state index contributed by atoms with van der Waals surface area (Å²) >= 11 is 0. The lowest BCUT2D eigenvalue weighted by atomic mass is 9.79. The molecule has 188 valence electrons. The van der Waals surface area contributed by atoms with Gasteiger partial charge < -0.3 is 23.7 Å². The number of methoxy groups -OCH3 is 2. The molecule has 2 fully saturated rings. The van der Waals surface area contributed by atoms with Crippen molar-refractivity contribution < 1.29 is 23.7 Å². The molecule has 0 radical (unpaired) electrons. The monoisotopic (exact) mass is 488 g/mol. The SMILES string of the molecule is COc1nc(-c2cccc(-c3ccc4c(c3)OCCO4)c2OC)cc(C)c1CN1CC2(CCOC2)C1. The summed E-state index contributed by atoms with van der Waals surface area (Å²) in [4.78, 5) is 7.40. The van der Waals surface area contributed by atoms with E-state index in [4.69, 9.17) is 28.7 Å². The Morgan fingerprint density at radius 3 is 2.50 bits per heavy atom. The molecule has 1 aromatic heterocycles. The van der Waals surface area contributed by atoms with Crippen molar-refractivity contribution in [2.24, 2.45) is 5.41 Å². The molecule has 0 aliphatic carbocycles. The van der Waals surface area contributed by atoms with E-state index < -0.39 is 0 Å². The lowest BCUT2D eigenvalue weighted by Gasteiger charge is -2.47. The Bertz CT molecular complexity index is 1280. The first-order valence-electron chi connectivity index (χ1n) is 12.5. The van der Waals surface area contributed by atoms with Crippen LogP contribution in [-0.4, -0.2) is 63.6 Å². The number of ether oxygens (including phenoxy) is 5. The molecule has 0 amide bonds. The van der Waals surface area contributed by atoms with Crippen LogP contribution in [0.5, 0.6) is 23.1 Å². The largest absolute Gasteiger partial charge is 0.495 e. The highest BCUT2D eigenvalue weighted by Crippen LogP contribution is 2.43. The summed E-state index contributed by atoms with van der Waals surface area (Å²) in [7, 11) is 3.39. The molecule has 7 heteroatoms. The number of hydrogen-bond donors (Lipinski definition) is 0. The highest BCUT2D eigenvalue weighted by molar-refractivity contribution is 5.82. The van der Waals surface area contributed by atoms with Gasteiger partial charge in [-0.3, -0.25) is 4.90 Å². The zero-order valence-electron chi connectivity index (χ0n) is 21.1. The molecule has 0 bridgehead atoms. The van der Waals surface area contributed by atoms with Gasteiger partial charge >= 0.3 is 0 Å². The lowest BCUT2D eigenvalue weighted by Crippen LogP contribution is -2.56. The van der Waals surface area contributed by atoms with Crippen molar-refractivity contribution >= 4 is 0 Å². The maximum absolute atomic E-state index is 5.94. The Hall–Kier alpha value is -3.29. The normalized spacial score (nSPS) is 18.2. The standard InChI is InChI=1S/C29H32N2O5/c1-19-13-24(30-28(33-3)23(19)15-31-16-29(17-31)9-10-34-18-29)22-6-4-5-21(27(22)32-2)20-7-8-25-26(14-20)36-12-11-35-25/h4-8,13-14H,9-12,15-18H2,1-3H3. The van der Waals surface area contributed by atoms with E-state index in [9.17, 15) is 0 Å². The van der Waals surface area contributed by atoms with Gasteiger partial charge in [-0.05, 0) is 48.7 Å². The van der Waals surface area contributed by atoms with E-state index >= 15 is 0 Å². The summed E-state index contributed by atoms with van der Waals surface area (Å²) in [5, 5.41) is 0. The molecule has 3 aliphatic rings. The molecule has 0 unspecified atom stereocenters. The zero-order chi connectivity index (χ0) is 24.7. The van der Waals surface area contributed by atoms with Crippen molar-refractivity contribution in [3.8, 4) is 45.5 Å². The van der Waals surface area contributed by atoms with Gasteiger partial charge in [0.1, 0.15) is 19.0 Å². The number of fused-ring (bicyclic) bond motifs is 1. The molecule has 4 heterocycles. The molecule has 7 nitrogen and oxygen atoms in total. The molecule has 0 N–H and O–H groups in total. The number of aromatic nitrogens is 1. The van der Waals surface area contributed by atoms with Crippen molar-refractivity contribution in [1.82, 2.24) is 9.88 Å². The van der Waals surface area contributed by atoms with Gasteiger partial charge in [0.25, 0.3) is 0 Å². The van der Waals surface area contributed by atoms with Gasteiger partial charge in [0.15, 0.2) is 11.5 Å². The van der Waals surface area contributed by atoms with E-state index in [0.717, 1.165) is 90.0 Å². The van der Waals surface area contributed by atoms with Crippen LogP contribution in [0.3, 0.4) is 0 Å². The average Bonchev–Trinajstić information content (AvgIpc) is 3.39. The van der Waals surface area contributed by atoms with Gasteiger partial charge in [0, 0.05) is 48.3 Å². The lowest BCUT2D eigenvalue weighted by molar-refractivity contribution is -0.0129. The molecule has 36 heavy (non-hydrogen) atoms. The van der Waals surface area contributed by atoms with Crippen LogP contribution in [0, 0.1) is 12.3 Å². The highest BCUT2D eigenvalue weighted by Gasteiger charge is 2.45. The molecule has 6 rings (SSSR count). The maximum atomic E-state index is 5.94. The van der Waals surface area contributed by atoms with E-state index in [0.29, 0.717) is 24.5 Å². The molecule has 2 saturated heterocycles. The minimum atomic E-state index is 0.357. The second kappa shape index (κ2) is 9.30. The third kappa shape index (κ3) is 4.06. The summed E-state index contributed by atoms with van der Waals surface area (Å²) in [5.74, 6) is 2.96. The first-order valence-corrected chi connectivity index (χ1v) is 12.5. The summed E-state index contributed by atoms with van der Waals surface area (Å²) in [6.45, 7) is 8.00. The van der Waals surface area contributed by atoms with Crippen LogP contribution in [0.4, 0.5) is 0 Å². The Morgan fingerprint density at radius 1 is 0.944 bits per heavy atom. The van der Waals surface area contributed by atoms with Crippen LogP contribution in [0.15, 0.2) is 42.5 Å². The van der Waals surface area contributed by atoms with Gasteiger partial charge in [0.2, 0.25) is 5.88 Å². The Morgan fingerprint density at radius 2 is 1.75 bits per heavy atom. The Labute approximate surface area is 211 Å². The fraction of sp³-hybridized carbons (Fsp3) is 0.414. The van der Waals surface area contributed by atoms with Crippen LogP contribution in [0.1, 0.15) is 17.5 Å². The van der Waals surface area contributed by atoms with E-state index in [2.05, 4.69) is 24.0 Å². The number of para-hydroxylation sites is 1. The number of aryl methyl sites for hydroxylation is 1. The second-order valence-electron chi connectivity index (χ2n) is 10.0. The molecule has 3 aliphatic heterocycles. The number of pyridine rings is 1. The minimum absolute atomic E-state index is 0.357. The van der Waals surface area contributed by atoms with Gasteiger partial charge in [-0.25, -0.2) is 4.98 Å². The Balaban J connectivity index is 1.32. The first kappa shape index (κ1) is 23.1. The van der Waals surface area contributed by atoms with Crippen LogP contribution in [0.25, 0.3) is 22.4 Å². The fourth-order valence-corrected chi connectivity index (χ4v) is 5.70. The van der Waals surface area contributed by atoms with E-state index in [1.54, 1.807) is 14.2 Å². The highest BCUT2D eigenvalue weighted by atomic mass is 16.6. The summed E-state index contributed by atoms with van der Waals surface area (Å²) in [6, 6.07) is 14.3. The first-order chi connectivity index (χ1) is 17.6. The van der Waals surface area contributed by atoms with Gasteiger partial charge in [-0.1, -0.05) is 18.2 Å². The van der Waals surface area contributed by atoms with Crippen LogP contribution >= 0.6 is 0 Å². The molecule has 0 saturated carbocycles. The number of nitrogens with zero attached hydrogens (tertiary/aromatic N) is 2. The quantitative estimate of drug-likeness (QED) is 0.497. The molecular formula is C29H32N2O5. The van der Waals surface area contributed by atoms with Crippen LogP contribution in [-0.2, 0) is 11.3 Å². The summed E-state index contributed by atoms with van der Waals surface area (Å²) < 4.78 is 28.9. The third-order valence-electron chi connectivity index (χ3n) is 7.54. The Kier molecular flexibility index (Phi) is 5.97. The average molecular weight is 489 g/mol. The van der Waals surface area contributed by atoms with E-state index in [1.807, 2.05) is 30.3 Å². The third-order valence-corrected chi connectivity index (χ3v) is 7.54. The van der Waals surface area contributed by atoms with Crippen molar-refractivity contribution in [2.45, 2.75) is 19.9 Å². The summed E-state index contributed by atoms with van der Waals surface area (Å²) in [5.41, 5.74) is 6.37. The number of hydrogen-bond acceptors (Lipinski definition) is 7. The van der Waals surface area contributed by atoms with Gasteiger partial charge in [-0.15, -0.1) is 0 Å². The van der Waals surface area contributed by atoms with Crippen molar-refractivity contribution in [3.05, 3.63) is 53.6 Å². The number of rotatable bonds is 6. The molecule has 1 spiro atoms. The molecule has 3 aromatic rings. The smallest absolute Gasteiger partial charge is 0.218 e. The predicted octanol–water partition coefficient (Wildman–Crippen LogP) is 4.73. The maximum Gasteiger partial charge on any atom is 0.218 e. The number of likely N-dealkylation sites (tertiary alicyclic amines) is 1.